The number of aromatic nitrogens is 1. The molecule has 0 bridgehead atoms. The molecule has 1 aliphatic heterocycles. The summed E-state index contributed by atoms with van der Waals surface area (Å²) in [5.41, 5.74) is 0.283. The lowest BCUT2D eigenvalue weighted by Crippen LogP contribution is -2.53. The Bertz CT molecular complexity index is 494. The van der Waals surface area contributed by atoms with E-state index in [0.29, 0.717) is 17.8 Å². The molecule has 0 radical (unpaired) electrons. The lowest BCUT2D eigenvalue weighted by Gasteiger charge is -2.33. The molecule has 2 heterocycles. The van der Waals surface area contributed by atoms with Crippen molar-refractivity contribution in [3.8, 4) is 0 Å². The molecule has 0 N–H and O–H groups in total. The SMILES string of the molecule is COC(=O)C1COCCN1C(=O)c1cccc(Br)n1. The van der Waals surface area contributed by atoms with Crippen molar-refractivity contribution in [1.82, 2.24) is 9.88 Å². The van der Waals surface area contributed by atoms with Gasteiger partial charge in [0, 0.05) is 6.54 Å². The van der Waals surface area contributed by atoms with Gasteiger partial charge >= 0.3 is 5.97 Å². The van der Waals surface area contributed by atoms with Gasteiger partial charge in [0.25, 0.3) is 5.91 Å². The summed E-state index contributed by atoms with van der Waals surface area (Å²) in [5, 5.41) is 0. The van der Waals surface area contributed by atoms with Crippen molar-refractivity contribution < 1.29 is 19.1 Å². The second-order valence-corrected chi connectivity index (χ2v) is 4.77. The minimum atomic E-state index is -0.716. The summed E-state index contributed by atoms with van der Waals surface area (Å²) in [6.45, 7) is 0.881. The Balaban J connectivity index is 2.22. The Kier molecular flexibility index (Phi) is 4.49. The van der Waals surface area contributed by atoms with E-state index in [9.17, 15) is 9.59 Å². The van der Waals surface area contributed by atoms with Crippen LogP contribution < -0.4 is 0 Å². The summed E-state index contributed by atoms with van der Waals surface area (Å²) in [4.78, 5) is 29.6. The molecule has 7 heteroatoms. The predicted molar refractivity (Wildman–Crippen MR) is 69.6 cm³/mol. The van der Waals surface area contributed by atoms with Crippen LogP contribution >= 0.6 is 15.9 Å². The highest BCUT2D eigenvalue weighted by Gasteiger charge is 2.34. The molecule has 1 fully saturated rings. The highest BCUT2D eigenvalue weighted by Crippen LogP contribution is 2.14. The minimum Gasteiger partial charge on any atom is -0.467 e. The molecule has 1 aromatic rings. The standard InChI is InChI=1S/C12H13BrN2O4/c1-18-12(17)9-7-19-6-5-15(9)11(16)8-3-2-4-10(13)14-8/h2-4,9H,5-7H2,1H3. The summed E-state index contributed by atoms with van der Waals surface area (Å²) >= 11 is 3.21. The molecule has 1 unspecified atom stereocenters. The van der Waals surface area contributed by atoms with Crippen molar-refractivity contribution in [2.75, 3.05) is 26.9 Å². The van der Waals surface area contributed by atoms with Crippen LogP contribution in [0.1, 0.15) is 10.5 Å². The quantitative estimate of drug-likeness (QED) is 0.595. The number of carbonyl (C=O) groups is 2. The summed E-state index contributed by atoms with van der Waals surface area (Å²) in [6, 6.07) is 4.34. The van der Waals surface area contributed by atoms with Gasteiger partial charge in [0.1, 0.15) is 10.3 Å². The van der Waals surface area contributed by atoms with Crippen LogP contribution in [0, 0.1) is 0 Å². The van der Waals surface area contributed by atoms with Crippen LogP contribution in [0.2, 0.25) is 0 Å². The van der Waals surface area contributed by atoms with Crippen molar-refractivity contribution in [3.05, 3.63) is 28.5 Å². The fourth-order valence-corrected chi connectivity index (χ4v) is 2.20. The Morgan fingerprint density at radius 1 is 1.53 bits per heavy atom. The summed E-state index contributed by atoms with van der Waals surface area (Å²) < 4.78 is 10.5. The number of methoxy groups -OCH3 is 1. The van der Waals surface area contributed by atoms with E-state index in [4.69, 9.17) is 4.74 Å². The van der Waals surface area contributed by atoms with E-state index in [2.05, 4.69) is 25.7 Å². The zero-order chi connectivity index (χ0) is 13.8. The first-order valence-electron chi connectivity index (χ1n) is 5.72. The largest absolute Gasteiger partial charge is 0.467 e. The maximum Gasteiger partial charge on any atom is 0.331 e. The fourth-order valence-electron chi connectivity index (χ4n) is 1.85. The van der Waals surface area contributed by atoms with E-state index in [1.54, 1.807) is 18.2 Å². The van der Waals surface area contributed by atoms with E-state index in [1.807, 2.05) is 0 Å². The molecule has 102 valence electrons. The molecule has 6 nitrogen and oxygen atoms in total. The number of pyridine rings is 1. The first kappa shape index (κ1) is 14.0. The first-order valence-corrected chi connectivity index (χ1v) is 6.52. The fraction of sp³-hybridized carbons (Fsp3) is 0.417. The summed E-state index contributed by atoms with van der Waals surface area (Å²) in [7, 11) is 1.29. The van der Waals surface area contributed by atoms with Crippen molar-refractivity contribution in [2.45, 2.75) is 6.04 Å². The number of esters is 1. The molecule has 1 amide bonds. The van der Waals surface area contributed by atoms with Gasteiger partial charge in [0.15, 0.2) is 6.04 Å². The highest BCUT2D eigenvalue weighted by atomic mass is 79.9. The smallest absolute Gasteiger partial charge is 0.331 e. The minimum absolute atomic E-state index is 0.145. The van der Waals surface area contributed by atoms with Crippen LogP contribution in [0.3, 0.4) is 0 Å². The van der Waals surface area contributed by atoms with Gasteiger partial charge in [-0.05, 0) is 28.1 Å². The van der Waals surface area contributed by atoms with Crippen molar-refractivity contribution in [2.24, 2.45) is 0 Å². The van der Waals surface area contributed by atoms with Crippen molar-refractivity contribution in [1.29, 1.82) is 0 Å². The van der Waals surface area contributed by atoms with E-state index >= 15 is 0 Å². The third-order valence-corrected chi connectivity index (χ3v) is 3.24. The van der Waals surface area contributed by atoms with Crippen molar-refractivity contribution >= 4 is 27.8 Å². The van der Waals surface area contributed by atoms with Crippen LogP contribution in [0.15, 0.2) is 22.8 Å². The number of amides is 1. The Labute approximate surface area is 118 Å². The number of carbonyl (C=O) groups excluding carboxylic acids is 2. The molecule has 1 aliphatic rings. The van der Waals surface area contributed by atoms with Gasteiger partial charge in [-0.2, -0.15) is 0 Å². The van der Waals surface area contributed by atoms with Gasteiger partial charge in [-0.3, -0.25) is 4.79 Å². The molecular formula is C12H13BrN2O4. The number of morpholine rings is 1. The number of hydrogen-bond donors (Lipinski definition) is 0. The lowest BCUT2D eigenvalue weighted by molar-refractivity contribution is -0.151. The number of rotatable bonds is 2. The molecule has 0 spiro atoms. The summed E-state index contributed by atoms with van der Waals surface area (Å²) in [6.07, 6.45) is 0. The predicted octanol–water partition coefficient (Wildman–Crippen LogP) is 0.858. The average molecular weight is 329 g/mol. The molecule has 2 rings (SSSR count). The topological polar surface area (TPSA) is 68.7 Å². The van der Waals surface area contributed by atoms with E-state index < -0.39 is 12.0 Å². The third-order valence-electron chi connectivity index (χ3n) is 2.80. The van der Waals surface area contributed by atoms with Gasteiger partial charge in [0.05, 0.1) is 20.3 Å². The van der Waals surface area contributed by atoms with Crippen molar-refractivity contribution in [3.63, 3.8) is 0 Å². The Morgan fingerprint density at radius 2 is 2.32 bits per heavy atom. The molecule has 1 saturated heterocycles. The second-order valence-electron chi connectivity index (χ2n) is 3.96. The molecule has 1 atom stereocenters. The number of hydrogen-bond acceptors (Lipinski definition) is 5. The Hall–Kier alpha value is -1.47. The first-order chi connectivity index (χ1) is 9.13. The second kappa shape index (κ2) is 6.12. The number of halogens is 1. The van der Waals surface area contributed by atoms with E-state index in [0.717, 1.165) is 0 Å². The molecule has 0 aromatic carbocycles. The van der Waals surface area contributed by atoms with Gasteiger partial charge in [0.2, 0.25) is 0 Å². The zero-order valence-electron chi connectivity index (χ0n) is 10.3. The Morgan fingerprint density at radius 3 is 3.00 bits per heavy atom. The molecule has 19 heavy (non-hydrogen) atoms. The van der Waals surface area contributed by atoms with Crippen LogP contribution in [0.25, 0.3) is 0 Å². The number of nitrogens with zero attached hydrogens (tertiary/aromatic N) is 2. The van der Waals surface area contributed by atoms with Gasteiger partial charge in [-0.15, -0.1) is 0 Å². The van der Waals surface area contributed by atoms with Crippen LogP contribution in [-0.2, 0) is 14.3 Å². The maximum atomic E-state index is 12.4. The van der Waals surface area contributed by atoms with Crippen LogP contribution in [-0.4, -0.2) is 54.7 Å². The van der Waals surface area contributed by atoms with Crippen LogP contribution in [0.4, 0.5) is 0 Å². The molecule has 0 aliphatic carbocycles. The summed E-state index contributed by atoms with van der Waals surface area (Å²) in [5.74, 6) is -0.789. The normalized spacial score (nSPS) is 19.1. The van der Waals surface area contributed by atoms with Crippen LogP contribution in [0.5, 0.6) is 0 Å². The monoisotopic (exact) mass is 328 g/mol. The lowest BCUT2D eigenvalue weighted by atomic mass is 10.2. The van der Waals surface area contributed by atoms with E-state index in [-0.39, 0.29) is 18.2 Å². The highest BCUT2D eigenvalue weighted by molar-refractivity contribution is 9.10. The third kappa shape index (κ3) is 3.10. The van der Waals surface area contributed by atoms with Gasteiger partial charge in [-0.25, -0.2) is 9.78 Å². The average Bonchev–Trinajstić information content (AvgIpc) is 2.45. The number of ether oxygens (including phenoxy) is 2. The van der Waals surface area contributed by atoms with Gasteiger partial charge in [-0.1, -0.05) is 6.07 Å². The zero-order valence-corrected chi connectivity index (χ0v) is 11.9. The molecule has 1 aromatic heterocycles. The molecule has 0 saturated carbocycles. The van der Waals surface area contributed by atoms with Gasteiger partial charge < -0.3 is 14.4 Å². The van der Waals surface area contributed by atoms with E-state index in [1.165, 1.54) is 12.0 Å². The maximum absolute atomic E-state index is 12.4. The molecular weight excluding hydrogens is 316 g/mol.